The van der Waals surface area contributed by atoms with Gasteiger partial charge in [0, 0.05) is 16.9 Å². The lowest BCUT2D eigenvalue weighted by Crippen LogP contribution is -2.46. The van der Waals surface area contributed by atoms with Crippen LogP contribution in [0, 0.1) is 10.8 Å². The van der Waals surface area contributed by atoms with Gasteiger partial charge in [-0.25, -0.2) is 0 Å². The number of nitrogens with one attached hydrogen (secondary N) is 1. The van der Waals surface area contributed by atoms with E-state index < -0.39 is 5.41 Å². The van der Waals surface area contributed by atoms with Gasteiger partial charge in [-0.1, -0.05) is 20.8 Å². The molecule has 0 spiro atoms. The number of carbonyl (C=O) groups excluding carboxylic acids is 1. The minimum Gasteiger partial charge on any atom is -0.459 e. The average Bonchev–Trinajstić information content (AvgIpc) is 2.60. The Hall–Kier alpha value is -0.710. The first-order chi connectivity index (χ1) is 6.91. The summed E-state index contributed by atoms with van der Waals surface area (Å²) in [7, 11) is 0. The first-order valence-corrected chi connectivity index (χ1v) is 6.23. The Morgan fingerprint density at radius 1 is 1.53 bits per heavy atom. The predicted octanol–water partition coefficient (Wildman–Crippen LogP) is 1.31. The molecule has 0 aliphatic carbocycles. The zero-order chi connectivity index (χ0) is 11.2. The van der Waals surface area contributed by atoms with E-state index in [-0.39, 0.29) is 24.1 Å². The van der Waals surface area contributed by atoms with Gasteiger partial charge in [0.05, 0.1) is 6.04 Å². The third-order valence-corrected chi connectivity index (χ3v) is 3.82. The third-order valence-electron chi connectivity index (χ3n) is 2.67. The fourth-order valence-corrected chi connectivity index (χ4v) is 3.10. The molecule has 0 saturated carbocycles. The smallest absolute Gasteiger partial charge is 0.292 e. The molecule has 2 heterocycles. The molecular weight excluding hydrogens is 212 g/mol. The molecular formula is C10H16N2O2S. The van der Waals surface area contributed by atoms with Crippen LogP contribution < -0.4 is 0 Å². The number of rotatable bonds is 0. The van der Waals surface area contributed by atoms with E-state index in [9.17, 15) is 4.79 Å². The van der Waals surface area contributed by atoms with E-state index in [0.717, 1.165) is 11.5 Å². The maximum absolute atomic E-state index is 12.1. The molecule has 0 aromatic rings. The van der Waals surface area contributed by atoms with Crippen LogP contribution in [0.4, 0.5) is 0 Å². The highest BCUT2D eigenvalue weighted by Gasteiger charge is 2.48. The van der Waals surface area contributed by atoms with Crippen LogP contribution in [0.15, 0.2) is 0 Å². The monoisotopic (exact) mass is 228 g/mol. The van der Waals surface area contributed by atoms with Crippen LogP contribution in [0.1, 0.15) is 20.8 Å². The highest BCUT2D eigenvalue weighted by Crippen LogP contribution is 2.34. The molecule has 1 N–H and O–H groups in total. The van der Waals surface area contributed by atoms with Gasteiger partial charge in [0.1, 0.15) is 6.10 Å². The molecule has 15 heavy (non-hydrogen) atoms. The molecule has 2 aliphatic heterocycles. The van der Waals surface area contributed by atoms with Gasteiger partial charge < -0.3 is 4.74 Å². The highest BCUT2D eigenvalue weighted by molar-refractivity contribution is 7.99. The van der Waals surface area contributed by atoms with E-state index in [2.05, 4.69) is 0 Å². The summed E-state index contributed by atoms with van der Waals surface area (Å²) in [4.78, 5) is 13.6. The lowest BCUT2D eigenvalue weighted by atomic mass is 9.94. The maximum atomic E-state index is 12.1. The van der Waals surface area contributed by atoms with Crippen molar-refractivity contribution in [2.45, 2.75) is 32.9 Å². The number of thioether (sulfide) groups is 1. The Balaban J connectivity index is 2.21. The second kappa shape index (κ2) is 3.40. The Morgan fingerprint density at radius 2 is 2.20 bits per heavy atom. The summed E-state index contributed by atoms with van der Waals surface area (Å²) in [6.07, 6.45) is 0.0359. The number of nitrogens with zero attached hydrogens (tertiary/aromatic N) is 1. The molecule has 0 aromatic carbocycles. The molecule has 0 aromatic heterocycles. The van der Waals surface area contributed by atoms with Crippen LogP contribution >= 0.6 is 11.8 Å². The summed E-state index contributed by atoms with van der Waals surface area (Å²) in [5.74, 6) is 1.76. The van der Waals surface area contributed by atoms with Crippen LogP contribution in [0.5, 0.6) is 0 Å². The van der Waals surface area contributed by atoms with Crippen LogP contribution in [0.3, 0.4) is 0 Å². The lowest BCUT2D eigenvalue weighted by Gasteiger charge is -2.27. The number of hydrogen-bond donors (Lipinski definition) is 1. The Morgan fingerprint density at radius 3 is 2.80 bits per heavy atom. The van der Waals surface area contributed by atoms with Crippen molar-refractivity contribution < 1.29 is 9.53 Å². The van der Waals surface area contributed by atoms with E-state index >= 15 is 0 Å². The minimum absolute atomic E-state index is 0.0116. The van der Waals surface area contributed by atoms with Gasteiger partial charge in [0.25, 0.3) is 6.02 Å². The van der Waals surface area contributed by atoms with E-state index in [1.807, 2.05) is 20.8 Å². The van der Waals surface area contributed by atoms with Crippen molar-refractivity contribution in [3.63, 3.8) is 0 Å². The van der Waals surface area contributed by atoms with Crippen molar-refractivity contribution in [1.29, 1.82) is 5.41 Å². The van der Waals surface area contributed by atoms with Gasteiger partial charge in [0.15, 0.2) is 0 Å². The average molecular weight is 228 g/mol. The van der Waals surface area contributed by atoms with E-state index in [0.29, 0.717) is 0 Å². The molecule has 2 rings (SSSR count). The van der Waals surface area contributed by atoms with Gasteiger partial charge in [0.2, 0.25) is 5.91 Å². The maximum Gasteiger partial charge on any atom is 0.292 e. The molecule has 0 bridgehead atoms. The van der Waals surface area contributed by atoms with E-state index in [4.69, 9.17) is 10.1 Å². The van der Waals surface area contributed by atoms with Crippen molar-refractivity contribution in [2.24, 2.45) is 5.41 Å². The van der Waals surface area contributed by atoms with Crippen molar-refractivity contribution in [3.8, 4) is 0 Å². The summed E-state index contributed by atoms with van der Waals surface area (Å²) in [6, 6.07) is 0.111. The Bertz CT molecular complexity index is 311. The van der Waals surface area contributed by atoms with E-state index in [1.165, 1.54) is 4.90 Å². The number of amides is 1. The summed E-state index contributed by atoms with van der Waals surface area (Å²) in [6.45, 7) is 5.62. The quantitative estimate of drug-likeness (QED) is 0.680. The number of hydrogen-bond acceptors (Lipinski definition) is 4. The summed E-state index contributed by atoms with van der Waals surface area (Å²) in [5, 5.41) is 7.69. The van der Waals surface area contributed by atoms with Gasteiger partial charge in [-0.2, -0.15) is 11.8 Å². The first-order valence-electron chi connectivity index (χ1n) is 5.08. The third kappa shape index (κ3) is 1.73. The minimum atomic E-state index is -0.447. The summed E-state index contributed by atoms with van der Waals surface area (Å²) in [5.41, 5.74) is -0.447. The largest absolute Gasteiger partial charge is 0.459 e. The highest BCUT2D eigenvalue weighted by atomic mass is 32.2. The predicted molar refractivity (Wildman–Crippen MR) is 60.0 cm³/mol. The van der Waals surface area contributed by atoms with Crippen molar-refractivity contribution >= 4 is 23.7 Å². The molecule has 2 saturated heterocycles. The number of ether oxygens (including phenoxy) is 1. The van der Waals surface area contributed by atoms with Gasteiger partial charge in [-0.05, 0) is 0 Å². The number of amidine groups is 1. The fourth-order valence-electron chi connectivity index (χ4n) is 1.83. The molecule has 0 unspecified atom stereocenters. The molecule has 0 radical (unpaired) electrons. The topological polar surface area (TPSA) is 53.4 Å². The van der Waals surface area contributed by atoms with Gasteiger partial charge in [-0.3, -0.25) is 15.1 Å². The second-order valence-electron chi connectivity index (χ2n) is 4.99. The SMILES string of the molecule is CC(C)(C)C(=O)N1C(=N)O[C@H]2CSC[C@H]21. The zero-order valence-electron chi connectivity index (χ0n) is 9.24. The molecule has 84 valence electrons. The van der Waals surface area contributed by atoms with Gasteiger partial charge in [-0.15, -0.1) is 0 Å². The standard InChI is InChI=1S/C10H16N2O2S/c1-10(2,3)8(13)12-6-4-15-5-7(6)14-9(12)11/h6-7,11H,4-5H2,1-3H3/t6-,7+/m1/s1. The molecule has 2 atom stereocenters. The molecule has 2 aliphatic rings. The van der Waals surface area contributed by atoms with Gasteiger partial charge >= 0.3 is 0 Å². The van der Waals surface area contributed by atoms with Crippen LogP contribution in [-0.2, 0) is 9.53 Å². The second-order valence-corrected chi connectivity index (χ2v) is 6.07. The van der Waals surface area contributed by atoms with E-state index in [1.54, 1.807) is 11.8 Å². The molecule has 2 fully saturated rings. The van der Waals surface area contributed by atoms with Crippen LogP contribution in [0.2, 0.25) is 0 Å². The number of fused-ring (bicyclic) bond motifs is 1. The van der Waals surface area contributed by atoms with Crippen molar-refractivity contribution in [3.05, 3.63) is 0 Å². The molecule has 5 heteroatoms. The lowest BCUT2D eigenvalue weighted by molar-refractivity contribution is -0.136. The van der Waals surface area contributed by atoms with Crippen LogP contribution in [0.25, 0.3) is 0 Å². The molecule has 4 nitrogen and oxygen atoms in total. The van der Waals surface area contributed by atoms with Crippen molar-refractivity contribution in [2.75, 3.05) is 11.5 Å². The van der Waals surface area contributed by atoms with Crippen LogP contribution in [-0.4, -0.2) is 40.5 Å². The Labute approximate surface area is 93.9 Å². The Kier molecular flexibility index (Phi) is 2.45. The fraction of sp³-hybridized carbons (Fsp3) is 0.800. The van der Waals surface area contributed by atoms with Crippen molar-refractivity contribution in [1.82, 2.24) is 4.90 Å². The normalized spacial score (nSPS) is 30.3. The first kappa shape index (κ1) is 10.8. The zero-order valence-corrected chi connectivity index (χ0v) is 10.1. The number of carbonyl (C=O) groups is 1. The molecule has 1 amide bonds. The summed E-state index contributed by atoms with van der Waals surface area (Å²) < 4.78 is 5.38. The summed E-state index contributed by atoms with van der Waals surface area (Å²) >= 11 is 1.78.